The second kappa shape index (κ2) is 2.16. The molecule has 0 aliphatic rings. The molecule has 0 saturated heterocycles. The molecule has 2 aromatic rings. The molecule has 0 amide bonds. The van der Waals surface area contributed by atoms with Crippen LogP contribution in [0.2, 0.25) is 0 Å². The summed E-state index contributed by atoms with van der Waals surface area (Å²) < 4.78 is 0.768. The molecule has 2 aromatic heterocycles. The molecule has 0 fully saturated rings. The van der Waals surface area contributed by atoms with Gasteiger partial charge in [0.1, 0.15) is 0 Å². The van der Waals surface area contributed by atoms with Gasteiger partial charge in [0.25, 0.3) is 0 Å². The van der Waals surface area contributed by atoms with Crippen molar-refractivity contribution in [2.24, 2.45) is 0 Å². The lowest BCUT2D eigenvalue weighted by Crippen LogP contribution is -2.25. The molecule has 4 heteroatoms. The summed E-state index contributed by atoms with van der Waals surface area (Å²) in [6.45, 7) is 0. The zero-order valence-corrected chi connectivity index (χ0v) is 5.64. The number of hydrogen-bond acceptors (Lipinski definition) is 3. The molecule has 4 nitrogen and oxygen atoms in total. The SMILES string of the molecule is [O-][n+]1cccc2nnccc21. The average Bonchev–Trinajstić information content (AvgIpc) is 2.06. The summed E-state index contributed by atoms with van der Waals surface area (Å²) in [4.78, 5) is 0. The number of aromatic nitrogens is 3. The Hall–Kier alpha value is -1.71. The van der Waals surface area contributed by atoms with Crippen molar-refractivity contribution in [3.63, 3.8) is 0 Å². The Morgan fingerprint density at radius 1 is 1.36 bits per heavy atom. The highest BCUT2D eigenvalue weighted by Crippen LogP contribution is 2.01. The summed E-state index contributed by atoms with van der Waals surface area (Å²) in [7, 11) is 0. The van der Waals surface area contributed by atoms with Gasteiger partial charge >= 0.3 is 0 Å². The quantitative estimate of drug-likeness (QED) is 0.397. The van der Waals surface area contributed by atoms with Crippen LogP contribution in [0, 0.1) is 5.21 Å². The molecule has 54 valence electrons. The smallest absolute Gasteiger partial charge is 0.245 e. The van der Waals surface area contributed by atoms with Crippen molar-refractivity contribution in [1.82, 2.24) is 10.2 Å². The molecule has 0 atom stereocenters. The van der Waals surface area contributed by atoms with E-state index in [-0.39, 0.29) is 0 Å². The summed E-state index contributed by atoms with van der Waals surface area (Å²) >= 11 is 0. The lowest BCUT2D eigenvalue weighted by atomic mass is 10.3. The zero-order chi connectivity index (χ0) is 7.68. The number of rotatable bonds is 0. The van der Waals surface area contributed by atoms with E-state index in [4.69, 9.17) is 0 Å². The molecule has 0 aliphatic carbocycles. The normalized spacial score (nSPS) is 10.2. The molecule has 0 saturated carbocycles. The predicted octanol–water partition coefficient (Wildman–Crippen LogP) is 0.263. The maximum absolute atomic E-state index is 11.0. The van der Waals surface area contributed by atoms with E-state index in [0.29, 0.717) is 11.0 Å². The third-order valence-corrected chi connectivity index (χ3v) is 1.44. The molecule has 0 unspecified atom stereocenters. The van der Waals surface area contributed by atoms with Crippen LogP contribution in [0.15, 0.2) is 30.6 Å². The fraction of sp³-hybridized carbons (Fsp3) is 0. The van der Waals surface area contributed by atoms with Crippen molar-refractivity contribution >= 4 is 11.0 Å². The van der Waals surface area contributed by atoms with Crippen molar-refractivity contribution in [3.05, 3.63) is 35.8 Å². The van der Waals surface area contributed by atoms with Crippen LogP contribution < -0.4 is 4.73 Å². The highest BCUT2D eigenvalue weighted by Gasteiger charge is 2.00. The van der Waals surface area contributed by atoms with Gasteiger partial charge in [0.15, 0.2) is 11.7 Å². The van der Waals surface area contributed by atoms with Gasteiger partial charge in [0.05, 0.1) is 6.20 Å². The van der Waals surface area contributed by atoms with E-state index in [9.17, 15) is 5.21 Å². The van der Waals surface area contributed by atoms with Crippen LogP contribution in [-0.4, -0.2) is 10.2 Å². The van der Waals surface area contributed by atoms with E-state index >= 15 is 0 Å². The summed E-state index contributed by atoms with van der Waals surface area (Å²) in [5, 5.41) is 18.5. The maximum atomic E-state index is 11.0. The minimum Gasteiger partial charge on any atom is -0.618 e. The number of hydrogen-bond donors (Lipinski definition) is 0. The Morgan fingerprint density at radius 3 is 3.09 bits per heavy atom. The van der Waals surface area contributed by atoms with E-state index in [1.54, 1.807) is 18.2 Å². The Kier molecular flexibility index (Phi) is 1.18. The Balaban J connectivity index is 2.91. The van der Waals surface area contributed by atoms with Crippen LogP contribution >= 0.6 is 0 Å². The van der Waals surface area contributed by atoms with Gasteiger partial charge in [-0.3, -0.25) is 0 Å². The summed E-state index contributed by atoms with van der Waals surface area (Å²) in [6.07, 6.45) is 2.93. The predicted molar refractivity (Wildman–Crippen MR) is 38.5 cm³/mol. The van der Waals surface area contributed by atoms with Gasteiger partial charge in [-0.2, -0.15) is 9.83 Å². The van der Waals surface area contributed by atoms with E-state index in [1.807, 2.05) is 0 Å². The van der Waals surface area contributed by atoms with Crippen molar-refractivity contribution < 1.29 is 4.73 Å². The van der Waals surface area contributed by atoms with Crippen molar-refractivity contribution in [2.75, 3.05) is 0 Å². The number of fused-ring (bicyclic) bond motifs is 1. The first-order chi connectivity index (χ1) is 5.38. The van der Waals surface area contributed by atoms with E-state index in [2.05, 4.69) is 10.2 Å². The molecule has 0 spiro atoms. The molecule has 0 aliphatic heterocycles. The highest BCUT2D eigenvalue weighted by molar-refractivity contribution is 5.68. The zero-order valence-electron chi connectivity index (χ0n) is 5.64. The molecule has 11 heavy (non-hydrogen) atoms. The van der Waals surface area contributed by atoms with E-state index in [1.165, 1.54) is 12.4 Å². The molecule has 2 heterocycles. The second-order valence-corrected chi connectivity index (χ2v) is 2.14. The minimum absolute atomic E-state index is 0.544. The summed E-state index contributed by atoms with van der Waals surface area (Å²) in [6, 6.07) is 5.02. The molecule has 2 rings (SSSR count). The average molecular weight is 147 g/mol. The minimum atomic E-state index is 0.544. The third kappa shape index (κ3) is 0.881. The maximum Gasteiger partial charge on any atom is 0.245 e. The van der Waals surface area contributed by atoms with Crippen molar-refractivity contribution in [3.8, 4) is 0 Å². The summed E-state index contributed by atoms with van der Waals surface area (Å²) in [5.41, 5.74) is 1.16. The Morgan fingerprint density at radius 2 is 2.27 bits per heavy atom. The molecule has 0 aromatic carbocycles. The number of pyridine rings is 1. The lowest BCUT2D eigenvalue weighted by molar-refractivity contribution is -0.577. The third-order valence-electron chi connectivity index (χ3n) is 1.44. The van der Waals surface area contributed by atoms with Gasteiger partial charge in [-0.05, 0) is 6.07 Å². The Labute approximate surface area is 62.7 Å². The number of nitrogens with zero attached hydrogens (tertiary/aromatic N) is 3. The highest BCUT2D eigenvalue weighted by atomic mass is 16.5. The molecule has 0 radical (unpaired) electrons. The van der Waals surface area contributed by atoms with Crippen LogP contribution in [0.3, 0.4) is 0 Å². The fourth-order valence-corrected chi connectivity index (χ4v) is 0.934. The van der Waals surface area contributed by atoms with Crippen LogP contribution in [0.25, 0.3) is 11.0 Å². The van der Waals surface area contributed by atoms with E-state index < -0.39 is 0 Å². The monoisotopic (exact) mass is 147 g/mol. The standard InChI is InChI=1S/C7H5N3O/c11-10-5-1-2-6-7(10)3-4-8-9-6/h1-5H. The van der Waals surface area contributed by atoms with Crippen LogP contribution in [0.5, 0.6) is 0 Å². The first kappa shape index (κ1) is 6.03. The fourth-order valence-electron chi connectivity index (χ4n) is 0.934. The molecule has 0 N–H and O–H groups in total. The topological polar surface area (TPSA) is 52.7 Å². The summed E-state index contributed by atoms with van der Waals surface area (Å²) in [5.74, 6) is 0. The van der Waals surface area contributed by atoms with Gasteiger partial charge in [-0.15, -0.1) is 5.10 Å². The van der Waals surface area contributed by atoms with Crippen molar-refractivity contribution in [1.29, 1.82) is 0 Å². The largest absolute Gasteiger partial charge is 0.618 e. The second-order valence-electron chi connectivity index (χ2n) is 2.14. The van der Waals surface area contributed by atoms with Gasteiger partial charge in [0, 0.05) is 12.1 Å². The molecular weight excluding hydrogens is 142 g/mol. The molecule has 0 bridgehead atoms. The van der Waals surface area contributed by atoms with E-state index in [0.717, 1.165) is 4.73 Å². The molecular formula is C7H5N3O. The Bertz CT molecular complexity index is 383. The van der Waals surface area contributed by atoms with Crippen molar-refractivity contribution in [2.45, 2.75) is 0 Å². The van der Waals surface area contributed by atoms with Crippen LogP contribution in [-0.2, 0) is 0 Å². The first-order valence-electron chi connectivity index (χ1n) is 3.17. The van der Waals surface area contributed by atoms with Gasteiger partial charge in [0.2, 0.25) is 5.52 Å². The van der Waals surface area contributed by atoms with Gasteiger partial charge < -0.3 is 5.21 Å². The van der Waals surface area contributed by atoms with Gasteiger partial charge in [-0.25, -0.2) is 0 Å². The van der Waals surface area contributed by atoms with Gasteiger partial charge in [-0.1, -0.05) is 0 Å². The van der Waals surface area contributed by atoms with Crippen LogP contribution in [0.4, 0.5) is 0 Å². The lowest BCUT2D eigenvalue weighted by Gasteiger charge is -1.96. The van der Waals surface area contributed by atoms with Crippen LogP contribution in [0.1, 0.15) is 0 Å². The first-order valence-corrected chi connectivity index (χ1v) is 3.17.